The summed E-state index contributed by atoms with van der Waals surface area (Å²) in [5, 5.41) is 24.9. The van der Waals surface area contributed by atoms with E-state index in [2.05, 4.69) is 0 Å². The van der Waals surface area contributed by atoms with Crippen molar-refractivity contribution < 1.29 is 28.8 Å². The highest BCUT2D eigenvalue weighted by Crippen LogP contribution is 2.65. The molecule has 1 aromatic carbocycles. The molecule has 5 atom stereocenters. The van der Waals surface area contributed by atoms with Gasteiger partial charge in [0, 0.05) is 31.7 Å². The number of ketones is 1. The highest BCUT2D eigenvalue weighted by atomic mass is 16.6. The van der Waals surface area contributed by atoms with Crippen LogP contribution < -0.4 is 9.47 Å². The number of hydroxylamine groups is 3. The Labute approximate surface area is 150 Å². The minimum Gasteiger partial charge on any atom is -0.633 e. The lowest BCUT2D eigenvalue weighted by molar-refractivity contribution is -0.904. The van der Waals surface area contributed by atoms with Crippen LogP contribution in [0.1, 0.15) is 37.3 Å². The van der Waals surface area contributed by atoms with Crippen LogP contribution in [0.15, 0.2) is 12.1 Å². The van der Waals surface area contributed by atoms with Gasteiger partial charge in [0.25, 0.3) is 0 Å². The molecule has 1 N–H and O–H groups in total. The summed E-state index contributed by atoms with van der Waals surface area (Å²) < 4.78 is 10.8. The van der Waals surface area contributed by atoms with Crippen LogP contribution in [0, 0.1) is 5.21 Å². The summed E-state index contributed by atoms with van der Waals surface area (Å²) in [5.41, 5.74) is -0.544. The fourth-order valence-electron chi connectivity index (χ4n) is 5.93. The molecule has 2 fully saturated rings. The number of aliphatic hydroxyl groups is 1. The zero-order valence-corrected chi connectivity index (χ0v) is 14.8. The molecule has 1 aromatic rings. The Morgan fingerprint density at radius 2 is 2.19 bits per heavy atom. The average molecular weight is 359 g/mol. The second-order valence-electron chi connectivity index (χ2n) is 8.25. The van der Waals surface area contributed by atoms with E-state index >= 15 is 0 Å². The molecule has 1 saturated heterocycles. The molecule has 2 aliphatic heterocycles. The zero-order chi connectivity index (χ0) is 18.5. The number of nitrogens with zero attached hydrogens (tertiary/aromatic N) is 1. The number of Topliss-reactive ketones (excluding diaryl/α,β-unsaturated/α-hetero) is 1. The van der Waals surface area contributed by atoms with Gasteiger partial charge in [0.15, 0.2) is 23.4 Å². The van der Waals surface area contributed by atoms with E-state index in [1.54, 1.807) is 13.1 Å². The van der Waals surface area contributed by atoms with Gasteiger partial charge in [-0.15, -0.1) is 0 Å². The molecule has 1 unspecified atom stereocenters. The fraction of sp³-hybridized carbons (Fsp3) is 0.579. The number of hydrogen-bond acceptors (Lipinski definition) is 6. The maximum absolute atomic E-state index is 13.1. The summed E-state index contributed by atoms with van der Waals surface area (Å²) in [4.78, 5) is 24.2. The Kier molecular flexibility index (Phi) is 2.91. The topological polar surface area (TPSA) is 95.9 Å². The lowest BCUT2D eigenvalue weighted by Crippen LogP contribution is -2.79. The van der Waals surface area contributed by atoms with Gasteiger partial charge in [-0.05, 0) is 18.1 Å². The zero-order valence-electron chi connectivity index (χ0n) is 14.8. The molecule has 7 heteroatoms. The van der Waals surface area contributed by atoms with Gasteiger partial charge < -0.3 is 24.4 Å². The summed E-state index contributed by atoms with van der Waals surface area (Å²) in [6.07, 6.45) is 0.426. The Hall–Kier alpha value is -1.96. The van der Waals surface area contributed by atoms with Crippen molar-refractivity contribution in [1.29, 1.82) is 0 Å². The number of esters is 1. The van der Waals surface area contributed by atoms with Crippen molar-refractivity contribution in [3.05, 3.63) is 28.5 Å². The summed E-state index contributed by atoms with van der Waals surface area (Å²) in [6, 6.07) is 2.96. The molecule has 4 aliphatic rings. The summed E-state index contributed by atoms with van der Waals surface area (Å²) in [5.74, 6) is 0.128. The third-order valence-corrected chi connectivity index (χ3v) is 6.98. The average Bonchev–Trinajstić information content (AvgIpc) is 2.92. The molecule has 1 saturated carbocycles. The highest BCUT2D eigenvalue weighted by molar-refractivity contribution is 5.90. The van der Waals surface area contributed by atoms with Crippen LogP contribution in [-0.4, -0.2) is 52.8 Å². The molecule has 2 bridgehead atoms. The maximum Gasteiger partial charge on any atom is 0.308 e. The maximum atomic E-state index is 13.1. The largest absolute Gasteiger partial charge is 0.633 e. The van der Waals surface area contributed by atoms with Crippen molar-refractivity contribution >= 4 is 11.8 Å². The van der Waals surface area contributed by atoms with Gasteiger partial charge in [0.2, 0.25) is 0 Å². The second-order valence-corrected chi connectivity index (χ2v) is 8.25. The SMILES string of the molecule is CC(=O)Oc1ccc2c3c1O[C@H]1C(=O)CC[C@@]4(O)C(C2)[N@+](C)([O-])CC[C@]314. The van der Waals surface area contributed by atoms with E-state index in [4.69, 9.17) is 9.47 Å². The standard InChI is InChI=1S/C19H21NO6/c1-10(21)25-13-4-3-11-9-14-19(23)6-5-12(22)17-18(19,7-8-20(14,2)24)15(11)16(13)26-17/h3-4,14,17,23H,5-9H2,1-2H3/t14?,17-,18-,19+,20+/m0/s1. The Balaban J connectivity index is 1.81. The van der Waals surface area contributed by atoms with Gasteiger partial charge in [0.1, 0.15) is 11.6 Å². The Morgan fingerprint density at radius 1 is 1.42 bits per heavy atom. The molecule has 26 heavy (non-hydrogen) atoms. The first-order chi connectivity index (χ1) is 12.2. The van der Waals surface area contributed by atoms with Crippen LogP contribution in [0.25, 0.3) is 0 Å². The van der Waals surface area contributed by atoms with E-state index in [1.807, 2.05) is 6.07 Å². The second kappa shape index (κ2) is 4.65. The van der Waals surface area contributed by atoms with Crippen LogP contribution in [0.2, 0.25) is 0 Å². The van der Waals surface area contributed by atoms with Crippen molar-refractivity contribution in [2.45, 2.75) is 55.8 Å². The molecule has 2 heterocycles. The van der Waals surface area contributed by atoms with Gasteiger partial charge in [-0.1, -0.05) is 6.07 Å². The first kappa shape index (κ1) is 16.2. The van der Waals surface area contributed by atoms with Gasteiger partial charge in [-0.2, -0.15) is 0 Å². The minimum absolute atomic E-state index is 0.0618. The number of benzene rings is 1. The van der Waals surface area contributed by atoms with E-state index in [-0.39, 0.29) is 24.4 Å². The van der Waals surface area contributed by atoms with Crippen LogP contribution in [0.5, 0.6) is 11.5 Å². The van der Waals surface area contributed by atoms with E-state index in [0.29, 0.717) is 25.1 Å². The van der Waals surface area contributed by atoms with Crippen LogP contribution in [-0.2, 0) is 21.4 Å². The molecular formula is C19H21NO6. The number of carbonyl (C=O) groups excluding carboxylic acids is 2. The number of carbonyl (C=O) groups is 2. The van der Waals surface area contributed by atoms with Gasteiger partial charge in [-0.3, -0.25) is 9.59 Å². The van der Waals surface area contributed by atoms with Gasteiger partial charge in [-0.25, -0.2) is 0 Å². The summed E-state index contributed by atoms with van der Waals surface area (Å²) in [6.45, 7) is 1.63. The number of quaternary nitrogens is 1. The molecule has 7 nitrogen and oxygen atoms in total. The third kappa shape index (κ3) is 1.64. The molecule has 138 valence electrons. The van der Waals surface area contributed by atoms with Crippen molar-refractivity contribution in [1.82, 2.24) is 0 Å². The molecule has 1 spiro atoms. The minimum atomic E-state index is -1.30. The normalized spacial score (nSPS) is 42.1. The highest BCUT2D eigenvalue weighted by Gasteiger charge is 2.75. The number of likely N-dealkylation sites (tertiary alicyclic amines) is 1. The quantitative estimate of drug-likeness (QED) is 0.348. The number of likely N-dealkylation sites (N-methyl/N-ethyl adjacent to an activating group) is 1. The predicted molar refractivity (Wildman–Crippen MR) is 89.6 cm³/mol. The molecular weight excluding hydrogens is 338 g/mol. The van der Waals surface area contributed by atoms with E-state index < -0.39 is 33.8 Å². The van der Waals surface area contributed by atoms with E-state index in [9.17, 15) is 19.9 Å². The molecule has 5 rings (SSSR count). The lowest BCUT2D eigenvalue weighted by Gasteiger charge is -2.65. The molecule has 0 aromatic heterocycles. The van der Waals surface area contributed by atoms with Crippen LogP contribution >= 0.6 is 0 Å². The molecule has 0 amide bonds. The smallest absolute Gasteiger partial charge is 0.308 e. The first-order valence-electron chi connectivity index (χ1n) is 9.03. The van der Waals surface area contributed by atoms with Crippen molar-refractivity contribution in [3.63, 3.8) is 0 Å². The predicted octanol–water partition coefficient (Wildman–Crippen LogP) is 0.978. The molecule has 2 aliphatic carbocycles. The summed E-state index contributed by atoms with van der Waals surface area (Å²) >= 11 is 0. The van der Waals surface area contributed by atoms with Gasteiger partial charge in [0.05, 0.1) is 19.0 Å². The van der Waals surface area contributed by atoms with Crippen LogP contribution in [0.3, 0.4) is 0 Å². The number of ether oxygens (including phenoxy) is 2. The Bertz CT molecular complexity index is 864. The molecule has 0 radical (unpaired) electrons. The monoisotopic (exact) mass is 359 g/mol. The van der Waals surface area contributed by atoms with Gasteiger partial charge >= 0.3 is 5.97 Å². The van der Waals surface area contributed by atoms with E-state index in [1.165, 1.54) is 6.92 Å². The van der Waals surface area contributed by atoms with Crippen molar-refractivity contribution in [2.75, 3.05) is 13.6 Å². The number of hydrogen-bond donors (Lipinski definition) is 1. The van der Waals surface area contributed by atoms with Crippen molar-refractivity contribution in [2.24, 2.45) is 0 Å². The summed E-state index contributed by atoms with van der Waals surface area (Å²) in [7, 11) is 1.61. The van der Waals surface area contributed by atoms with Crippen LogP contribution in [0.4, 0.5) is 0 Å². The third-order valence-electron chi connectivity index (χ3n) is 6.98. The Morgan fingerprint density at radius 3 is 2.92 bits per heavy atom. The van der Waals surface area contributed by atoms with E-state index in [0.717, 1.165) is 11.1 Å². The van der Waals surface area contributed by atoms with Crippen molar-refractivity contribution in [3.8, 4) is 11.5 Å². The lowest BCUT2D eigenvalue weighted by atomic mass is 9.49. The first-order valence-corrected chi connectivity index (χ1v) is 9.03. The number of piperidine rings is 1. The fourth-order valence-corrected chi connectivity index (χ4v) is 5.93. The number of rotatable bonds is 1.